The summed E-state index contributed by atoms with van der Waals surface area (Å²) in [6, 6.07) is 10.5. The molecule has 0 saturated heterocycles. The highest BCUT2D eigenvalue weighted by Crippen LogP contribution is 2.36. The van der Waals surface area contributed by atoms with Gasteiger partial charge in [0.1, 0.15) is 17.2 Å². The van der Waals surface area contributed by atoms with Gasteiger partial charge in [0.25, 0.3) is 5.91 Å². The molecular formula is C21H16BrF3N4O3. The number of rotatable bonds is 5. The zero-order valence-corrected chi connectivity index (χ0v) is 18.0. The second-order valence-corrected chi connectivity index (χ2v) is 7.40. The van der Waals surface area contributed by atoms with Crippen LogP contribution in [0.25, 0.3) is 0 Å². The average Bonchev–Trinajstić information content (AvgIpc) is 2.71. The van der Waals surface area contributed by atoms with Crippen molar-refractivity contribution in [1.29, 1.82) is 0 Å². The largest absolute Gasteiger partial charge is 0.457 e. The number of aromatic nitrogens is 1. The van der Waals surface area contributed by atoms with Gasteiger partial charge in [-0.05, 0) is 55.5 Å². The van der Waals surface area contributed by atoms with E-state index in [0.717, 1.165) is 6.07 Å². The summed E-state index contributed by atoms with van der Waals surface area (Å²) >= 11 is 2.85. The average molecular weight is 509 g/mol. The van der Waals surface area contributed by atoms with Gasteiger partial charge in [0.2, 0.25) is 0 Å². The summed E-state index contributed by atoms with van der Waals surface area (Å²) in [4.78, 5) is 27.5. The van der Waals surface area contributed by atoms with Gasteiger partial charge in [-0.1, -0.05) is 15.9 Å². The van der Waals surface area contributed by atoms with Gasteiger partial charge in [0, 0.05) is 27.6 Å². The first-order chi connectivity index (χ1) is 15.0. The number of carbonyl (C=O) groups excluding carboxylic acids is 2. The zero-order chi connectivity index (χ0) is 23.5. The van der Waals surface area contributed by atoms with Crippen LogP contribution in [-0.2, 0) is 6.18 Å². The first-order valence-corrected chi connectivity index (χ1v) is 9.82. The van der Waals surface area contributed by atoms with Crippen LogP contribution in [0, 0.1) is 6.92 Å². The molecule has 3 aromatic rings. The van der Waals surface area contributed by atoms with Crippen LogP contribution in [0.4, 0.5) is 29.3 Å². The van der Waals surface area contributed by atoms with Gasteiger partial charge in [0.15, 0.2) is 0 Å². The molecule has 1 aromatic heterocycles. The SMILES string of the molecule is Cc1c(Oc2ccc(NC(=O)Nc3ccc(Br)c(C(F)(F)F)c3)cc2)ccnc1C(N)=O. The molecule has 0 spiro atoms. The van der Waals surface area contributed by atoms with Crippen LogP contribution in [0.2, 0.25) is 0 Å². The topological polar surface area (TPSA) is 106 Å². The molecule has 0 unspecified atom stereocenters. The highest BCUT2D eigenvalue weighted by Gasteiger charge is 2.33. The van der Waals surface area contributed by atoms with E-state index in [4.69, 9.17) is 10.5 Å². The predicted molar refractivity (Wildman–Crippen MR) is 116 cm³/mol. The lowest BCUT2D eigenvalue weighted by Crippen LogP contribution is -2.19. The van der Waals surface area contributed by atoms with Crippen LogP contribution in [0.5, 0.6) is 11.5 Å². The summed E-state index contributed by atoms with van der Waals surface area (Å²) in [5.74, 6) is 0.137. The van der Waals surface area contributed by atoms with Crippen LogP contribution in [-0.4, -0.2) is 16.9 Å². The van der Waals surface area contributed by atoms with E-state index in [1.54, 1.807) is 37.3 Å². The van der Waals surface area contributed by atoms with E-state index in [0.29, 0.717) is 22.7 Å². The third-order valence-electron chi connectivity index (χ3n) is 4.26. The number of hydrogen-bond donors (Lipinski definition) is 3. The molecule has 7 nitrogen and oxygen atoms in total. The highest BCUT2D eigenvalue weighted by atomic mass is 79.9. The van der Waals surface area contributed by atoms with Crippen LogP contribution in [0.3, 0.4) is 0 Å². The molecule has 0 atom stereocenters. The highest BCUT2D eigenvalue weighted by molar-refractivity contribution is 9.10. The molecule has 11 heteroatoms. The van der Waals surface area contributed by atoms with E-state index in [-0.39, 0.29) is 15.9 Å². The lowest BCUT2D eigenvalue weighted by atomic mass is 10.2. The summed E-state index contributed by atoms with van der Waals surface area (Å²) < 4.78 is 44.6. The molecule has 0 saturated carbocycles. The van der Waals surface area contributed by atoms with Gasteiger partial charge in [-0.2, -0.15) is 13.2 Å². The predicted octanol–water partition coefficient (Wildman–Crippen LogP) is 5.71. The van der Waals surface area contributed by atoms with E-state index in [2.05, 4.69) is 31.5 Å². The number of amides is 3. The molecule has 0 aliphatic heterocycles. The summed E-state index contributed by atoms with van der Waals surface area (Å²) in [7, 11) is 0. The fraction of sp³-hybridized carbons (Fsp3) is 0.0952. The van der Waals surface area contributed by atoms with E-state index >= 15 is 0 Å². The number of pyridine rings is 1. The van der Waals surface area contributed by atoms with Crippen molar-refractivity contribution in [2.24, 2.45) is 5.73 Å². The summed E-state index contributed by atoms with van der Waals surface area (Å²) in [5.41, 5.74) is 5.32. The Morgan fingerprint density at radius 3 is 2.28 bits per heavy atom. The molecule has 32 heavy (non-hydrogen) atoms. The number of hydrogen-bond acceptors (Lipinski definition) is 4. The number of primary amides is 1. The number of anilines is 2. The van der Waals surface area contributed by atoms with Crippen molar-refractivity contribution >= 4 is 39.2 Å². The number of ether oxygens (including phenoxy) is 1. The van der Waals surface area contributed by atoms with Crippen molar-refractivity contribution in [3.05, 3.63) is 76.0 Å². The monoisotopic (exact) mass is 508 g/mol. The van der Waals surface area contributed by atoms with Gasteiger partial charge in [0.05, 0.1) is 5.56 Å². The molecule has 3 amide bonds. The molecule has 3 rings (SSSR count). The quantitative estimate of drug-likeness (QED) is 0.410. The normalized spacial score (nSPS) is 11.0. The summed E-state index contributed by atoms with van der Waals surface area (Å²) in [5, 5.41) is 4.88. The van der Waals surface area contributed by atoms with Crippen molar-refractivity contribution in [2.75, 3.05) is 10.6 Å². The van der Waals surface area contributed by atoms with E-state index < -0.39 is 23.7 Å². The van der Waals surface area contributed by atoms with Gasteiger partial charge in [-0.3, -0.25) is 9.78 Å². The zero-order valence-electron chi connectivity index (χ0n) is 16.5. The minimum atomic E-state index is -4.56. The minimum absolute atomic E-state index is 0.0172. The molecule has 0 aliphatic rings. The van der Waals surface area contributed by atoms with Gasteiger partial charge in [-0.25, -0.2) is 4.79 Å². The van der Waals surface area contributed by atoms with Gasteiger partial charge < -0.3 is 21.1 Å². The number of nitrogens with one attached hydrogen (secondary N) is 2. The van der Waals surface area contributed by atoms with E-state index in [1.165, 1.54) is 18.3 Å². The van der Waals surface area contributed by atoms with Crippen molar-refractivity contribution in [1.82, 2.24) is 4.98 Å². The first kappa shape index (κ1) is 23.1. The smallest absolute Gasteiger partial charge is 0.417 e. The lowest BCUT2D eigenvalue weighted by molar-refractivity contribution is -0.138. The Morgan fingerprint density at radius 1 is 1.03 bits per heavy atom. The molecular weight excluding hydrogens is 493 g/mol. The fourth-order valence-electron chi connectivity index (χ4n) is 2.72. The van der Waals surface area contributed by atoms with Crippen molar-refractivity contribution in [3.8, 4) is 11.5 Å². The maximum absolute atomic E-state index is 13.0. The second-order valence-electron chi connectivity index (χ2n) is 6.54. The molecule has 2 aromatic carbocycles. The van der Waals surface area contributed by atoms with Crippen LogP contribution in [0.1, 0.15) is 21.6 Å². The number of halogens is 4. The standard InChI is InChI=1S/C21H16BrF3N4O3/c1-11-17(8-9-27-18(11)19(26)30)32-14-5-2-12(3-6-14)28-20(31)29-13-4-7-16(22)15(10-13)21(23,24)25/h2-10H,1H3,(H2,26,30)(H2,28,29,31). The van der Waals surface area contributed by atoms with Crippen LogP contribution in [0.15, 0.2) is 59.2 Å². The maximum atomic E-state index is 13.0. The lowest BCUT2D eigenvalue weighted by Gasteiger charge is -2.13. The first-order valence-electron chi connectivity index (χ1n) is 9.02. The Morgan fingerprint density at radius 2 is 1.66 bits per heavy atom. The van der Waals surface area contributed by atoms with Crippen molar-refractivity contribution in [3.63, 3.8) is 0 Å². The molecule has 166 valence electrons. The molecule has 0 aliphatic carbocycles. The Hall–Kier alpha value is -3.60. The minimum Gasteiger partial charge on any atom is -0.457 e. The third-order valence-corrected chi connectivity index (χ3v) is 4.95. The summed E-state index contributed by atoms with van der Waals surface area (Å²) in [6.07, 6.45) is -3.16. The van der Waals surface area contributed by atoms with Gasteiger partial charge in [-0.15, -0.1) is 0 Å². The molecule has 0 radical (unpaired) electrons. The number of nitrogens with zero attached hydrogens (tertiary/aromatic N) is 1. The Bertz CT molecular complexity index is 1170. The van der Waals surface area contributed by atoms with Crippen LogP contribution < -0.4 is 21.1 Å². The number of carbonyl (C=O) groups is 2. The van der Waals surface area contributed by atoms with Crippen LogP contribution >= 0.6 is 15.9 Å². The van der Waals surface area contributed by atoms with Crippen molar-refractivity contribution in [2.45, 2.75) is 13.1 Å². The molecule has 4 N–H and O–H groups in total. The number of alkyl halides is 3. The van der Waals surface area contributed by atoms with E-state index in [1.807, 2.05) is 0 Å². The third kappa shape index (κ3) is 5.55. The Labute approximate surface area is 188 Å². The molecule has 0 fully saturated rings. The number of benzene rings is 2. The Kier molecular flexibility index (Phi) is 6.68. The summed E-state index contributed by atoms with van der Waals surface area (Å²) in [6.45, 7) is 1.65. The number of urea groups is 1. The molecule has 1 heterocycles. The Balaban J connectivity index is 1.66. The molecule has 0 bridgehead atoms. The number of nitrogens with two attached hydrogens (primary N) is 1. The fourth-order valence-corrected chi connectivity index (χ4v) is 3.20. The second kappa shape index (κ2) is 9.27. The van der Waals surface area contributed by atoms with Gasteiger partial charge >= 0.3 is 12.2 Å². The van der Waals surface area contributed by atoms with E-state index in [9.17, 15) is 22.8 Å². The van der Waals surface area contributed by atoms with Crippen molar-refractivity contribution < 1.29 is 27.5 Å². The maximum Gasteiger partial charge on any atom is 0.417 e.